The lowest BCUT2D eigenvalue weighted by Gasteiger charge is -2.40. The molecule has 2 aliphatic heterocycles. The molecule has 0 spiro atoms. The van der Waals surface area contributed by atoms with Crippen LogP contribution < -0.4 is 10.6 Å². The molecule has 7 heteroatoms. The highest BCUT2D eigenvalue weighted by Gasteiger charge is 2.34. The number of likely N-dealkylation sites (tertiary alicyclic amines) is 1. The molecule has 2 heterocycles. The second-order valence-corrected chi connectivity index (χ2v) is 9.14. The molecule has 1 aromatic rings. The van der Waals surface area contributed by atoms with Crippen LogP contribution in [0.1, 0.15) is 58.1 Å². The van der Waals surface area contributed by atoms with Crippen molar-refractivity contribution in [3.05, 3.63) is 35.9 Å². The van der Waals surface area contributed by atoms with Gasteiger partial charge in [0.15, 0.2) is 5.96 Å². The number of nitrogens with one attached hydrogen (secondary N) is 2. The van der Waals surface area contributed by atoms with Gasteiger partial charge in [-0.1, -0.05) is 37.3 Å². The molecule has 3 rings (SSSR count). The molecule has 2 aliphatic rings. The third-order valence-electron chi connectivity index (χ3n) is 6.89. The molecule has 2 fully saturated rings. The molecule has 0 saturated carbocycles. The number of guanidine groups is 1. The summed E-state index contributed by atoms with van der Waals surface area (Å²) in [5.41, 5.74) is 1.29. The summed E-state index contributed by atoms with van der Waals surface area (Å²) in [4.78, 5) is 10.1. The average molecular weight is 558 g/mol. The standard InChI is InChI=1S/C25H43N5O.HI/c1-5-26-24(29(4)19-23-13-10-16-30(23)6-2)27-20-25(14-17-31-18-15-25)28-21(3)22-11-8-7-9-12-22;/h7-9,11-12,21,23,28H,5-6,10,13-20H2,1-4H3,(H,26,27);1H. The Kier molecular flexibility index (Phi) is 11.7. The molecule has 1 aromatic carbocycles. The topological polar surface area (TPSA) is 52.1 Å². The highest BCUT2D eigenvalue weighted by Crippen LogP contribution is 2.26. The minimum atomic E-state index is -0.0299. The van der Waals surface area contributed by atoms with E-state index in [-0.39, 0.29) is 35.6 Å². The van der Waals surface area contributed by atoms with E-state index in [9.17, 15) is 0 Å². The largest absolute Gasteiger partial charge is 0.381 e. The van der Waals surface area contributed by atoms with E-state index in [4.69, 9.17) is 9.73 Å². The molecule has 0 amide bonds. The summed E-state index contributed by atoms with van der Waals surface area (Å²) in [6.07, 6.45) is 4.57. The van der Waals surface area contributed by atoms with Crippen molar-refractivity contribution in [2.45, 2.75) is 64.1 Å². The van der Waals surface area contributed by atoms with Crippen LogP contribution >= 0.6 is 24.0 Å². The van der Waals surface area contributed by atoms with E-state index in [0.29, 0.717) is 6.04 Å². The maximum absolute atomic E-state index is 5.71. The van der Waals surface area contributed by atoms with Gasteiger partial charge in [0, 0.05) is 51.0 Å². The third-order valence-corrected chi connectivity index (χ3v) is 6.89. The summed E-state index contributed by atoms with van der Waals surface area (Å²) in [7, 11) is 2.18. The molecule has 2 unspecified atom stereocenters. The molecule has 0 aromatic heterocycles. The van der Waals surface area contributed by atoms with Gasteiger partial charge in [0.05, 0.1) is 6.54 Å². The second-order valence-electron chi connectivity index (χ2n) is 9.14. The quantitative estimate of drug-likeness (QED) is 0.274. The first-order valence-corrected chi connectivity index (χ1v) is 12.2. The van der Waals surface area contributed by atoms with Gasteiger partial charge in [-0.3, -0.25) is 9.89 Å². The maximum atomic E-state index is 5.71. The van der Waals surface area contributed by atoms with E-state index in [0.717, 1.165) is 58.2 Å². The number of hydrogen-bond donors (Lipinski definition) is 2. The van der Waals surface area contributed by atoms with E-state index >= 15 is 0 Å². The number of hydrogen-bond acceptors (Lipinski definition) is 4. The summed E-state index contributed by atoms with van der Waals surface area (Å²) >= 11 is 0. The van der Waals surface area contributed by atoms with Crippen LogP contribution in [-0.4, -0.2) is 80.3 Å². The normalized spacial score (nSPS) is 22.2. The lowest BCUT2D eigenvalue weighted by Crippen LogP contribution is -2.53. The molecule has 0 aliphatic carbocycles. The van der Waals surface area contributed by atoms with Crippen LogP contribution in [0.4, 0.5) is 0 Å². The Morgan fingerprint density at radius 1 is 1.25 bits per heavy atom. The van der Waals surface area contributed by atoms with E-state index in [1.54, 1.807) is 0 Å². The van der Waals surface area contributed by atoms with Crippen molar-refractivity contribution in [3.63, 3.8) is 0 Å². The Balaban J connectivity index is 0.00000363. The van der Waals surface area contributed by atoms with Crippen LogP contribution in [0.2, 0.25) is 0 Å². The van der Waals surface area contributed by atoms with E-state index < -0.39 is 0 Å². The Morgan fingerprint density at radius 3 is 2.62 bits per heavy atom. The van der Waals surface area contributed by atoms with Gasteiger partial charge >= 0.3 is 0 Å². The third kappa shape index (κ3) is 7.57. The van der Waals surface area contributed by atoms with E-state index in [1.165, 1.54) is 24.9 Å². The Bertz CT molecular complexity index is 680. The average Bonchev–Trinajstić information content (AvgIpc) is 3.24. The molecule has 2 atom stereocenters. The Hall–Kier alpha value is -0.900. The lowest BCUT2D eigenvalue weighted by molar-refractivity contribution is 0.0373. The molecule has 6 nitrogen and oxygen atoms in total. The van der Waals surface area contributed by atoms with E-state index in [1.807, 2.05) is 0 Å². The Morgan fingerprint density at radius 2 is 1.97 bits per heavy atom. The molecular weight excluding hydrogens is 513 g/mol. The summed E-state index contributed by atoms with van der Waals surface area (Å²) in [6, 6.07) is 11.6. The fraction of sp³-hybridized carbons (Fsp3) is 0.720. The van der Waals surface area contributed by atoms with Gasteiger partial charge in [-0.2, -0.15) is 0 Å². The zero-order valence-corrected chi connectivity index (χ0v) is 22.8. The molecule has 32 heavy (non-hydrogen) atoms. The summed E-state index contributed by atoms with van der Waals surface area (Å²) in [5, 5.41) is 7.46. The predicted octanol–water partition coefficient (Wildman–Crippen LogP) is 3.89. The zero-order chi connectivity index (χ0) is 22.1. The van der Waals surface area contributed by atoms with Gasteiger partial charge in [0.1, 0.15) is 0 Å². The number of nitrogens with zero attached hydrogens (tertiary/aromatic N) is 3. The smallest absolute Gasteiger partial charge is 0.193 e. The van der Waals surface area contributed by atoms with Gasteiger partial charge in [0.2, 0.25) is 0 Å². The highest BCUT2D eigenvalue weighted by atomic mass is 127. The van der Waals surface area contributed by atoms with Crippen LogP contribution in [0.15, 0.2) is 35.3 Å². The maximum Gasteiger partial charge on any atom is 0.193 e. The van der Waals surface area contributed by atoms with Crippen molar-refractivity contribution < 1.29 is 4.74 Å². The van der Waals surface area contributed by atoms with Crippen molar-refractivity contribution in [2.24, 2.45) is 4.99 Å². The van der Waals surface area contributed by atoms with Gasteiger partial charge in [0.25, 0.3) is 0 Å². The lowest BCUT2D eigenvalue weighted by atomic mass is 9.88. The predicted molar refractivity (Wildman–Crippen MR) is 145 cm³/mol. The number of rotatable bonds is 9. The van der Waals surface area contributed by atoms with Crippen molar-refractivity contribution in [1.29, 1.82) is 0 Å². The van der Waals surface area contributed by atoms with Crippen LogP contribution in [0.5, 0.6) is 0 Å². The summed E-state index contributed by atoms with van der Waals surface area (Å²) < 4.78 is 5.71. The van der Waals surface area contributed by atoms with Crippen LogP contribution in [-0.2, 0) is 4.74 Å². The van der Waals surface area contributed by atoms with Crippen LogP contribution in [0, 0.1) is 0 Å². The molecule has 182 valence electrons. The van der Waals surface area contributed by atoms with Gasteiger partial charge < -0.3 is 20.3 Å². The van der Waals surface area contributed by atoms with Gasteiger partial charge in [-0.15, -0.1) is 24.0 Å². The number of aliphatic imine (C=N–C) groups is 1. The van der Waals surface area contributed by atoms with Crippen LogP contribution in [0.25, 0.3) is 0 Å². The fourth-order valence-corrected chi connectivity index (χ4v) is 5.01. The van der Waals surface area contributed by atoms with Crippen molar-refractivity contribution in [2.75, 3.05) is 53.0 Å². The van der Waals surface area contributed by atoms with Crippen LogP contribution in [0.3, 0.4) is 0 Å². The molecule has 0 radical (unpaired) electrons. The number of likely N-dealkylation sites (N-methyl/N-ethyl adjacent to an activating group) is 2. The van der Waals surface area contributed by atoms with Crippen molar-refractivity contribution in [1.82, 2.24) is 20.4 Å². The van der Waals surface area contributed by atoms with Crippen molar-refractivity contribution >= 4 is 29.9 Å². The fourth-order valence-electron chi connectivity index (χ4n) is 5.01. The molecule has 0 bridgehead atoms. The highest BCUT2D eigenvalue weighted by molar-refractivity contribution is 14.0. The first-order chi connectivity index (χ1) is 15.1. The number of halogens is 1. The summed E-state index contributed by atoms with van der Waals surface area (Å²) in [5.74, 6) is 1.02. The van der Waals surface area contributed by atoms with Crippen molar-refractivity contribution in [3.8, 4) is 0 Å². The molecule has 2 N–H and O–H groups in total. The number of ether oxygens (including phenoxy) is 1. The first-order valence-electron chi connectivity index (χ1n) is 12.2. The molecular formula is C25H44IN5O. The SMILES string of the molecule is CCNC(=NCC1(NC(C)c2ccccc2)CCOCC1)N(C)CC1CCCN1CC.I. The molecule has 2 saturated heterocycles. The monoisotopic (exact) mass is 557 g/mol. The summed E-state index contributed by atoms with van der Waals surface area (Å²) in [6.45, 7) is 13.3. The zero-order valence-electron chi connectivity index (χ0n) is 20.5. The Labute approximate surface area is 212 Å². The van der Waals surface area contributed by atoms with Gasteiger partial charge in [-0.05, 0) is 58.2 Å². The number of benzene rings is 1. The first kappa shape index (κ1) is 27.3. The van der Waals surface area contributed by atoms with E-state index in [2.05, 4.69) is 78.6 Å². The minimum Gasteiger partial charge on any atom is -0.381 e. The second kappa shape index (κ2) is 13.7. The van der Waals surface area contributed by atoms with Gasteiger partial charge in [-0.25, -0.2) is 0 Å². The minimum absolute atomic E-state index is 0.